The molecule has 0 saturated heterocycles. The maximum Gasteiger partial charge on any atom is 0.234 e. The quantitative estimate of drug-likeness (QED) is 0.847. The number of amides is 1. The molecule has 104 valence electrons. The van der Waals surface area contributed by atoms with Crippen molar-refractivity contribution in [3.63, 3.8) is 0 Å². The van der Waals surface area contributed by atoms with E-state index in [0.29, 0.717) is 16.6 Å². The largest absolute Gasteiger partial charge is 0.348 e. The van der Waals surface area contributed by atoms with Crippen molar-refractivity contribution in [2.45, 2.75) is 25.8 Å². The normalized spacial score (nSPS) is 16.2. The Labute approximate surface area is 123 Å². The summed E-state index contributed by atoms with van der Waals surface area (Å²) < 4.78 is 0. The number of rotatable bonds is 6. The molecule has 1 saturated carbocycles. The first-order valence-electron chi connectivity index (χ1n) is 6.52. The van der Waals surface area contributed by atoms with E-state index in [1.54, 1.807) is 6.07 Å². The van der Waals surface area contributed by atoms with Gasteiger partial charge >= 0.3 is 0 Å². The molecule has 1 atom stereocenters. The molecule has 1 amide bonds. The maximum absolute atomic E-state index is 11.8. The van der Waals surface area contributed by atoms with E-state index in [4.69, 9.17) is 23.2 Å². The molecule has 0 aromatic heterocycles. The van der Waals surface area contributed by atoms with Gasteiger partial charge in [-0.15, -0.1) is 0 Å². The van der Waals surface area contributed by atoms with Crippen LogP contribution in [0.3, 0.4) is 0 Å². The molecule has 3 nitrogen and oxygen atoms in total. The van der Waals surface area contributed by atoms with Crippen molar-refractivity contribution < 1.29 is 4.79 Å². The van der Waals surface area contributed by atoms with Crippen LogP contribution in [0.5, 0.6) is 0 Å². The van der Waals surface area contributed by atoms with Crippen LogP contribution in [0.4, 0.5) is 0 Å². The van der Waals surface area contributed by atoms with E-state index in [0.717, 1.165) is 18.0 Å². The molecule has 1 fully saturated rings. The molecule has 1 unspecified atom stereocenters. The highest BCUT2D eigenvalue weighted by Gasteiger charge is 2.21. The van der Waals surface area contributed by atoms with Crippen LogP contribution in [-0.2, 0) is 4.79 Å². The van der Waals surface area contributed by atoms with Crippen LogP contribution in [-0.4, -0.2) is 19.0 Å². The second-order valence-corrected chi connectivity index (χ2v) is 5.79. The Hall–Kier alpha value is -0.770. The maximum atomic E-state index is 11.8. The van der Waals surface area contributed by atoms with Gasteiger partial charge in [-0.05, 0) is 43.9 Å². The third kappa shape index (κ3) is 4.37. The lowest BCUT2D eigenvalue weighted by molar-refractivity contribution is -0.120. The van der Waals surface area contributed by atoms with Crippen LogP contribution in [0.2, 0.25) is 10.0 Å². The molecule has 1 aromatic rings. The lowest BCUT2D eigenvalue weighted by Crippen LogP contribution is -2.36. The van der Waals surface area contributed by atoms with Gasteiger partial charge in [-0.3, -0.25) is 4.79 Å². The molecule has 2 N–H and O–H groups in total. The Morgan fingerprint density at radius 1 is 1.42 bits per heavy atom. The van der Waals surface area contributed by atoms with Crippen molar-refractivity contribution in [2.75, 3.05) is 13.1 Å². The predicted octanol–water partition coefficient (Wildman–Crippen LogP) is 3.17. The van der Waals surface area contributed by atoms with Gasteiger partial charge in [0, 0.05) is 0 Å². The zero-order valence-electron chi connectivity index (χ0n) is 10.9. The molecule has 1 aliphatic rings. The van der Waals surface area contributed by atoms with Gasteiger partial charge in [0.05, 0.1) is 22.6 Å². The van der Waals surface area contributed by atoms with Gasteiger partial charge in [0.1, 0.15) is 0 Å². The minimum Gasteiger partial charge on any atom is -0.348 e. The smallest absolute Gasteiger partial charge is 0.234 e. The van der Waals surface area contributed by atoms with Crippen LogP contribution in [0, 0.1) is 5.92 Å². The topological polar surface area (TPSA) is 41.1 Å². The van der Waals surface area contributed by atoms with E-state index in [1.807, 2.05) is 19.1 Å². The molecule has 5 heteroatoms. The van der Waals surface area contributed by atoms with E-state index in [2.05, 4.69) is 10.6 Å². The van der Waals surface area contributed by atoms with E-state index in [1.165, 1.54) is 12.8 Å². The highest BCUT2D eigenvalue weighted by Crippen LogP contribution is 2.29. The molecule has 0 bridgehead atoms. The number of halogens is 2. The van der Waals surface area contributed by atoms with Gasteiger partial charge < -0.3 is 10.6 Å². The third-order valence-electron chi connectivity index (χ3n) is 3.24. The summed E-state index contributed by atoms with van der Waals surface area (Å²) in [6, 6.07) is 5.29. The number of hydrogen-bond acceptors (Lipinski definition) is 2. The highest BCUT2D eigenvalue weighted by atomic mass is 35.5. The molecular weight excluding hydrogens is 283 g/mol. The SMILES string of the molecule is CC(NC(=O)CNCC1CC1)c1cccc(Cl)c1Cl. The summed E-state index contributed by atoms with van der Waals surface area (Å²) in [6.07, 6.45) is 2.56. The van der Waals surface area contributed by atoms with E-state index < -0.39 is 0 Å². The lowest BCUT2D eigenvalue weighted by Gasteiger charge is -2.16. The van der Waals surface area contributed by atoms with Gasteiger partial charge in [0.15, 0.2) is 0 Å². The fraction of sp³-hybridized carbons (Fsp3) is 0.500. The van der Waals surface area contributed by atoms with Crippen molar-refractivity contribution in [3.8, 4) is 0 Å². The van der Waals surface area contributed by atoms with Gasteiger partial charge in [-0.25, -0.2) is 0 Å². The van der Waals surface area contributed by atoms with Crippen molar-refractivity contribution in [2.24, 2.45) is 5.92 Å². The van der Waals surface area contributed by atoms with E-state index in [-0.39, 0.29) is 11.9 Å². The van der Waals surface area contributed by atoms with Gasteiger partial charge in [-0.2, -0.15) is 0 Å². The number of carbonyl (C=O) groups excluding carboxylic acids is 1. The lowest BCUT2D eigenvalue weighted by atomic mass is 10.1. The fourth-order valence-electron chi connectivity index (χ4n) is 1.94. The molecule has 2 rings (SSSR count). The van der Waals surface area contributed by atoms with Crippen LogP contribution in [0.15, 0.2) is 18.2 Å². The zero-order chi connectivity index (χ0) is 13.8. The summed E-state index contributed by atoms with van der Waals surface area (Å²) in [5.41, 5.74) is 0.838. The summed E-state index contributed by atoms with van der Waals surface area (Å²) in [5.74, 6) is 0.747. The monoisotopic (exact) mass is 300 g/mol. The van der Waals surface area contributed by atoms with Crippen molar-refractivity contribution in [1.29, 1.82) is 0 Å². The van der Waals surface area contributed by atoms with Crippen LogP contribution >= 0.6 is 23.2 Å². The fourth-order valence-corrected chi connectivity index (χ4v) is 2.41. The molecule has 0 aliphatic heterocycles. The van der Waals surface area contributed by atoms with Gasteiger partial charge in [-0.1, -0.05) is 35.3 Å². The summed E-state index contributed by atoms with van der Waals surface area (Å²) in [5, 5.41) is 7.08. The van der Waals surface area contributed by atoms with Gasteiger partial charge in [0.2, 0.25) is 5.91 Å². The molecule has 19 heavy (non-hydrogen) atoms. The molecule has 0 radical (unpaired) electrons. The Morgan fingerprint density at radius 2 is 2.16 bits per heavy atom. The Bertz CT molecular complexity index is 461. The summed E-state index contributed by atoms with van der Waals surface area (Å²) >= 11 is 12.1. The number of nitrogens with one attached hydrogen (secondary N) is 2. The van der Waals surface area contributed by atoms with Crippen molar-refractivity contribution in [3.05, 3.63) is 33.8 Å². The third-order valence-corrected chi connectivity index (χ3v) is 4.07. The molecule has 1 aromatic carbocycles. The summed E-state index contributed by atoms with van der Waals surface area (Å²) in [7, 11) is 0. The Kier molecular flexibility index (Phi) is 5.08. The molecule has 0 spiro atoms. The average molecular weight is 301 g/mol. The Balaban J connectivity index is 1.83. The molecule has 0 heterocycles. The average Bonchev–Trinajstić information content (AvgIpc) is 3.16. The van der Waals surface area contributed by atoms with Crippen molar-refractivity contribution >= 4 is 29.1 Å². The van der Waals surface area contributed by atoms with E-state index >= 15 is 0 Å². The van der Waals surface area contributed by atoms with E-state index in [9.17, 15) is 4.79 Å². The predicted molar refractivity (Wildman–Crippen MR) is 78.6 cm³/mol. The number of carbonyl (C=O) groups is 1. The standard InChI is InChI=1S/C14H18Cl2N2O/c1-9(11-3-2-4-12(15)14(11)16)18-13(19)8-17-7-10-5-6-10/h2-4,9-10,17H,5-8H2,1H3,(H,18,19). The summed E-state index contributed by atoms with van der Waals surface area (Å²) in [4.78, 5) is 11.8. The first-order valence-corrected chi connectivity index (χ1v) is 7.27. The Morgan fingerprint density at radius 3 is 2.84 bits per heavy atom. The first kappa shape index (κ1) is 14.6. The summed E-state index contributed by atoms with van der Waals surface area (Å²) in [6.45, 7) is 3.18. The number of benzene rings is 1. The van der Waals surface area contributed by atoms with Crippen LogP contribution < -0.4 is 10.6 Å². The minimum atomic E-state index is -0.151. The highest BCUT2D eigenvalue weighted by molar-refractivity contribution is 6.42. The second-order valence-electron chi connectivity index (χ2n) is 5.01. The molecule has 1 aliphatic carbocycles. The van der Waals surface area contributed by atoms with Crippen LogP contribution in [0.1, 0.15) is 31.4 Å². The second kappa shape index (κ2) is 6.60. The minimum absolute atomic E-state index is 0.0239. The van der Waals surface area contributed by atoms with Crippen molar-refractivity contribution in [1.82, 2.24) is 10.6 Å². The molecular formula is C14H18Cl2N2O. The zero-order valence-corrected chi connectivity index (χ0v) is 12.4. The first-order chi connectivity index (χ1) is 9.08. The van der Waals surface area contributed by atoms with Gasteiger partial charge in [0.25, 0.3) is 0 Å². The van der Waals surface area contributed by atoms with Crippen LogP contribution in [0.25, 0.3) is 0 Å². The number of hydrogen-bond donors (Lipinski definition) is 2.